The van der Waals surface area contributed by atoms with E-state index in [0.717, 1.165) is 19.4 Å². The second-order valence-electron chi connectivity index (χ2n) is 3.30. The smallest absolute Gasteiger partial charge is 0.316 e. The molecule has 0 radical (unpaired) electrons. The summed E-state index contributed by atoms with van der Waals surface area (Å²) in [6, 6.07) is 0. The Bertz CT molecular complexity index is 247. The summed E-state index contributed by atoms with van der Waals surface area (Å²) in [4.78, 5) is 0. The molecule has 1 unspecified atom stereocenters. The first-order valence-electron chi connectivity index (χ1n) is 4.23. The molecule has 0 aromatic heterocycles. The Hall–Kier alpha value is -0.230. The molecule has 1 heterocycles. The van der Waals surface area contributed by atoms with Gasteiger partial charge in [0.05, 0.1) is 5.75 Å². The normalized spacial score (nSPS) is 25.0. The maximum Gasteiger partial charge on any atom is 0.336 e. The maximum atomic E-state index is 12.0. The number of alkyl halides is 2. The van der Waals surface area contributed by atoms with Crippen LogP contribution in [-0.4, -0.2) is 33.0 Å². The minimum absolute atomic E-state index is 0.146. The second kappa shape index (κ2) is 4.32. The molecule has 1 rings (SSSR count). The number of piperidine rings is 1. The Morgan fingerprint density at radius 3 is 2.62 bits per heavy atom. The third kappa shape index (κ3) is 3.19. The van der Waals surface area contributed by atoms with Crippen molar-refractivity contribution in [1.29, 1.82) is 0 Å². The van der Waals surface area contributed by atoms with Gasteiger partial charge in [0.25, 0.3) is 0 Å². The van der Waals surface area contributed by atoms with Crippen molar-refractivity contribution in [1.82, 2.24) is 5.32 Å². The van der Waals surface area contributed by atoms with E-state index in [2.05, 4.69) is 5.32 Å². The standard InChI is InChI=1S/C7H13F2NO2S/c8-7(9)13(11,12)5-6-2-1-3-10-4-6/h6-7,10H,1-5H2. The average molecular weight is 213 g/mol. The van der Waals surface area contributed by atoms with Crippen molar-refractivity contribution in [2.75, 3.05) is 18.8 Å². The van der Waals surface area contributed by atoms with Crippen LogP contribution < -0.4 is 5.32 Å². The third-order valence-corrected chi connectivity index (χ3v) is 3.62. The summed E-state index contributed by atoms with van der Waals surface area (Å²) in [5.74, 6) is -3.76. The van der Waals surface area contributed by atoms with Crippen molar-refractivity contribution in [3.05, 3.63) is 0 Å². The summed E-state index contributed by atoms with van der Waals surface area (Å²) in [5, 5.41) is 2.99. The van der Waals surface area contributed by atoms with Crippen molar-refractivity contribution in [2.45, 2.75) is 18.6 Å². The van der Waals surface area contributed by atoms with Gasteiger partial charge in [0.15, 0.2) is 0 Å². The van der Waals surface area contributed by atoms with Gasteiger partial charge in [-0.1, -0.05) is 0 Å². The molecule has 0 spiro atoms. The van der Waals surface area contributed by atoms with E-state index in [1.807, 2.05) is 0 Å². The van der Waals surface area contributed by atoms with Gasteiger partial charge in [0.2, 0.25) is 9.84 Å². The summed E-state index contributed by atoms with van der Waals surface area (Å²) >= 11 is 0. The van der Waals surface area contributed by atoms with Crippen molar-refractivity contribution in [2.24, 2.45) is 5.92 Å². The zero-order valence-electron chi connectivity index (χ0n) is 7.17. The molecule has 1 aliphatic heterocycles. The molecule has 1 N–H and O–H groups in total. The molecule has 78 valence electrons. The Balaban J connectivity index is 2.47. The van der Waals surface area contributed by atoms with E-state index < -0.39 is 21.3 Å². The van der Waals surface area contributed by atoms with Gasteiger partial charge in [-0.25, -0.2) is 8.42 Å². The fraction of sp³-hybridized carbons (Fsp3) is 1.00. The van der Waals surface area contributed by atoms with Crippen LogP contribution in [0.2, 0.25) is 0 Å². The van der Waals surface area contributed by atoms with E-state index in [9.17, 15) is 17.2 Å². The van der Waals surface area contributed by atoms with Crippen LogP contribution in [0.3, 0.4) is 0 Å². The Morgan fingerprint density at radius 2 is 2.15 bits per heavy atom. The number of sulfone groups is 1. The highest BCUT2D eigenvalue weighted by Crippen LogP contribution is 2.16. The molecule has 1 fully saturated rings. The Labute approximate surface area is 76.4 Å². The molecule has 13 heavy (non-hydrogen) atoms. The highest BCUT2D eigenvalue weighted by molar-refractivity contribution is 7.91. The lowest BCUT2D eigenvalue weighted by Gasteiger charge is -2.22. The molecule has 1 atom stereocenters. The van der Waals surface area contributed by atoms with E-state index in [-0.39, 0.29) is 5.92 Å². The molecule has 1 aliphatic rings. The van der Waals surface area contributed by atoms with Crippen LogP contribution in [0.4, 0.5) is 8.78 Å². The number of hydrogen-bond donors (Lipinski definition) is 1. The van der Waals surface area contributed by atoms with Crippen molar-refractivity contribution < 1.29 is 17.2 Å². The summed E-state index contributed by atoms with van der Waals surface area (Å²) in [5.41, 5.74) is 0. The predicted octanol–water partition coefficient (Wildman–Crippen LogP) is 0.623. The van der Waals surface area contributed by atoms with Crippen LogP contribution >= 0.6 is 0 Å². The largest absolute Gasteiger partial charge is 0.336 e. The van der Waals surface area contributed by atoms with Crippen molar-refractivity contribution in [3.8, 4) is 0 Å². The molecular formula is C7H13F2NO2S. The number of nitrogens with one attached hydrogen (secondary N) is 1. The molecule has 3 nitrogen and oxygen atoms in total. The SMILES string of the molecule is O=S(=O)(CC1CCCNC1)C(F)F. The maximum absolute atomic E-state index is 12.0. The number of rotatable bonds is 3. The molecule has 6 heteroatoms. The first-order valence-corrected chi connectivity index (χ1v) is 5.94. The Morgan fingerprint density at radius 1 is 1.46 bits per heavy atom. The van der Waals surface area contributed by atoms with Crippen molar-refractivity contribution >= 4 is 9.84 Å². The molecular weight excluding hydrogens is 200 g/mol. The van der Waals surface area contributed by atoms with Crippen LogP contribution in [-0.2, 0) is 9.84 Å². The first kappa shape index (κ1) is 10.8. The van der Waals surface area contributed by atoms with Gasteiger partial charge in [0, 0.05) is 0 Å². The topological polar surface area (TPSA) is 46.2 Å². The summed E-state index contributed by atoms with van der Waals surface area (Å²) < 4.78 is 45.6. The van der Waals surface area contributed by atoms with Gasteiger partial charge >= 0.3 is 5.76 Å². The van der Waals surface area contributed by atoms with Gasteiger partial charge in [-0.05, 0) is 31.8 Å². The van der Waals surface area contributed by atoms with Crippen LogP contribution in [0.25, 0.3) is 0 Å². The molecule has 1 saturated heterocycles. The van der Waals surface area contributed by atoms with E-state index in [0.29, 0.717) is 6.54 Å². The number of hydrogen-bond acceptors (Lipinski definition) is 3. The number of halogens is 2. The summed E-state index contributed by atoms with van der Waals surface area (Å²) in [7, 11) is -4.17. The van der Waals surface area contributed by atoms with E-state index in [4.69, 9.17) is 0 Å². The second-order valence-corrected chi connectivity index (χ2v) is 5.32. The fourth-order valence-corrected chi connectivity index (χ4v) is 2.55. The predicted molar refractivity (Wildman–Crippen MR) is 45.4 cm³/mol. The van der Waals surface area contributed by atoms with Crippen LogP contribution in [0.5, 0.6) is 0 Å². The fourth-order valence-electron chi connectivity index (χ4n) is 1.47. The van der Waals surface area contributed by atoms with Gasteiger partial charge in [-0.15, -0.1) is 0 Å². The minimum atomic E-state index is -4.17. The van der Waals surface area contributed by atoms with E-state index >= 15 is 0 Å². The molecule has 0 aliphatic carbocycles. The van der Waals surface area contributed by atoms with Crippen LogP contribution in [0, 0.1) is 5.92 Å². The van der Waals surface area contributed by atoms with Gasteiger partial charge in [0.1, 0.15) is 0 Å². The average Bonchev–Trinajstić information content (AvgIpc) is 2.05. The van der Waals surface area contributed by atoms with Crippen LogP contribution in [0.15, 0.2) is 0 Å². The summed E-state index contributed by atoms with van der Waals surface area (Å²) in [6.45, 7) is 1.39. The quantitative estimate of drug-likeness (QED) is 0.747. The lowest BCUT2D eigenvalue weighted by Crippen LogP contribution is -2.35. The zero-order chi connectivity index (χ0) is 9.90. The molecule has 0 saturated carbocycles. The highest BCUT2D eigenvalue weighted by atomic mass is 32.2. The minimum Gasteiger partial charge on any atom is -0.316 e. The monoisotopic (exact) mass is 213 g/mol. The van der Waals surface area contributed by atoms with Crippen molar-refractivity contribution in [3.63, 3.8) is 0 Å². The lowest BCUT2D eigenvalue weighted by molar-refractivity contribution is 0.233. The zero-order valence-corrected chi connectivity index (χ0v) is 7.99. The molecule has 0 bridgehead atoms. The molecule has 0 amide bonds. The van der Waals surface area contributed by atoms with Gasteiger partial charge in [-0.3, -0.25) is 0 Å². The highest BCUT2D eigenvalue weighted by Gasteiger charge is 2.28. The molecule has 0 aromatic carbocycles. The third-order valence-electron chi connectivity index (χ3n) is 2.14. The van der Waals surface area contributed by atoms with Crippen LogP contribution in [0.1, 0.15) is 12.8 Å². The summed E-state index contributed by atoms with van der Waals surface area (Å²) in [6.07, 6.45) is 1.59. The van der Waals surface area contributed by atoms with Gasteiger partial charge < -0.3 is 5.32 Å². The van der Waals surface area contributed by atoms with E-state index in [1.54, 1.807) is 0 Å². The Kier molecular flexibility index (Phi) is 3.61. The van der Waals surface area contributed by atoms with Gasteiger partial charge in [-0.2, -0.15) is 8.78 Å². The lowest BCUT2D eigenvalue weighted by atomic mass is 10.0. The first-order chi connectivity index (χ1) is 6.02. The van der Waals surface area contributed by atoms with E-state index in [1.165, 1.54) is 0 Å². The molecule has 0 aromatic rings.